The summed E-state index contributed by atoms with van der Waals surface area (Å²) in [4.78, 5) is 16.4. The number of likely N-dealkylation sites (N-methyl/N-ethyl adjacent to an activating group) is 1. The monoisotopic (exact) mass is 264 g/mol. The van der Waals surface area contributed by atoms with Crippen LogP contribution in [0.25, 0.3) is 0 Å². The van der Waals surface area contributed by atoms with Gasteiger partial charge >= 0.3 is 0 Å². The van der Waals surface area contributed by atoms with Crippen molar-refractivity contribution in [2.24, 2.45) is 0 Å². The van der Waals surface area contributed by atoms with E-state index in [1.807, 2.05) is 29.7 Å². The lowest BCUT2D eigenvalue weighted by Crippen LogP contribution is -2.30. The van der Waals surface area contributed by atoms with Gasteiger partial charge < -0.3 is 4.90 Å². The lowest BCUT2D eigenvalue weighted by atomic mass is 10.2. The van der Waals surface area contributed by atoms with Crippen LogP contribution in [0.5, 0.6) is 0 Å². The molecule has 2 rings (SSSR count). The maximum atomic E-state index is 12.0. The van der Waals surface area contributed by atoms with Crippen LogP contribution in [-0.2, 0) is 13.1 Å². The van der Waals surface area contributed by atoms with Gasteiger partial charge in [-0.25, -0.2) is 0 Å². The highest BCUT2D eigenvalue weighted by atomic mass is 16.1. The van der Waals surface area contributed by atoms with Gasteiger partial charge in [0.15, 0.2) is 5.78 Å². The fourth-order valence-electron chi connectivity index (χ4n) is 2.43. The number of carbonyl (C=O) groups excluding carboxylic acids is 1. The van der Waals surface area contributed by atoms with Crippen LogP contribution in [0.15, 0.2) is 6.07 Å². The SMILES string of the molecule is CC(C)N1CCCn2nc(C(=O)CN(C)C)cc2C1. The number of carbonyl (C=O) groups is 1. The van der Waals surface area contributed by atoms with Gasteiger partial charge in [0, 0.05) is 25.7 Å². The normalized spacial score (nSPS) is 16.7. The van der Waals surface area contributed by atoms with Crippen LogP contribution in [-0.4, -0.2) is 58.6 Å². The Morgan fingerprint density at radius 1 is 1.42 bits per heavy atom. The lowest BCUT2D eigenvalue weighted by molar-refractivity contribution is 0.0952. The van der Waals surface area contributed by atoms with E-state index in [-0.39, 0.29) is 5.78 Å². The topological polar surface area (TPSA) is 41.4 Å². The average molecular weight is 264 g/mol. The number of nitrogens with zero attached hydrogens (tertiary/aromatic N) is 4. The molecule has 1 aromatic rings. The second-order valence-electron chi connectivity index (χ2n) is 5.82. The van der Waals surface area contributed by atoms with Crippen molar-refractivity contribution in [2.75, 3.05) is 27.2 Å². The summed E-state index contributed by atoms with van der Waals surface area (Å²) < 4.78 is 2.01. The van der Waals surface area contributed by atoms with Crippen LogP contribution in [0.2, 0.25) is 0 Å². The maximum absolute atomic E-state index is 12.0. The Hall–Kier alpha value is -1.20. The zero-order valence-corrected chi connectivity index (χ0v) is 12.4. The van der Waals surface area contributed by atoms with Gasteiger partial charge in [0.05, 0.1) is 12.2 Å². The molecule has 0 radical (unpaired) electrons. The second-order valence-corrected chi connectivity index (χ2v) is 5.82. The average Bonchev–Trinajstić information content (AvgIpc) is 2.60. The molecule has 106 valence electrons. The number of Topliss-reactive ketones (excluding diaryl/α,β-unsaturated/α-hetero) is 1. The van der Waals surface area contributed by atoms with Crippen LogP contribution in [0, 0.1) is 0 Å². The van der Waals surface area contributed by atoms with Crippen molar-refractivity contribution >= 4 is 5.78 Å². The van der Waals surface area contributed by atoms with E-state index in [0.717, 1.165) is 31.7 Å². The van der Waals surface area contributed by atoms with Crippen molar-refractivity contribution in [2.45, 2.75) is 39.4 Å². The number of aryl methyl sites for hydroxylation is 1. The molecule has 5 heteroatoms. The fourth-order valence-corrected chi connectivity index (χ4v) is 2.43. The third-order valence-corrected chi connectivity index (χ3v) is 3.52. The van der Waals surface area contributed by atoms with E-state index < -0.39 is 0 Å². The molecule has 1 aliphatic rings. The van der Waals surface area contributed by atoms with Gasteiger partial charge in [-0.15, -0.1) is 0 Å². The molecule has 0 saturated carbocycles. The van der Waals surface area contributed by atoms with E-state index >= 15 is 0 Å². The lowest BCUT2D eigenvalue weighted by Gasteiger charge is -2.23. The Morgan fingerprint density at radius 2 is 2.16 bits per heavy atom. The molecule has 0 amide bonds. The summed E-state index contributed by atoms with van der Waals surface area (Å²) in [6.45, 7) is 7.74. The molecular formula is C14H24N4O. The molecule has 0 atom stereocenters. The van der Waals surface area contributed by atoms with Gasteiger partial charge in [-0.05, 0) is 40.4 Å². The Bertz CT molecular complexity index is 450. The first-order valence-electron chi connectivity index (χ1n) is 6.96. The summed E-state index contributed by atoms with van der Waals surface area (Å²) in [5, 5.41) is 4.47. The standard InChI is InChI=1S/C14H24N4O/c1-11(2)17-6-5-7-18-12(9-17)8-13(15-18)14(19)10-16(3)4/h8,11H,5-7,9-10H2,1-4H3. The first-order chi connectivity index (χ1) is 8.97. The maximum Gasteiger partial charge on any atom is 0.196 e. The molecule has 0 saturated heterocycles. The number of hydrogen-bond acceptors (Lipinski definition) is 4. The van der Waals surface area contributed by atoms with E-state index in [1.165, 1.54) is 0 Å². The molecule has 0 spiro atoms. The summed E-state index contributed by atoms with van der Waals surface area (Å²) in [5.74, 6) is 0.0988. The van der Waals surface area contributed by atoms with E-state index in [4.69, 9.17) is 0 Å². The highest BCUT2D eigenvalue weighted by Crippen LogP contribution is 2.16. The zero-order valence-electron chi connectivity index (χ0n) is 12.4. The van der Waals surface area contributed by atoms with Crippen LogP contribution in [0.1, 0.15) is 36.5 Å². The van der Waals surface area contributed by atoms with Crippen molar-refractivity contribution in [3.63, 3.8) is 0 Å². The fraction of sp³-hybridized carbons (Fsp3) is 0.714. The van der Waals surface area contributed by atoms with Gasteiger partial charge in [-0.1, -0.05) is 0 Å². The van der Waals surface area contributed by atoms with Crippen molar-refractivity contribution in [3.8, 4) is 0 Å². The predicted octanol–water partition coefficient (Wildman–Crippen LogP) is 1.24. The number of hydrogen-bond donors (Lipinski definition) is 0. The molecule has 1 aliphatic heterocycles. The highest BCUT2D eigenvalue weighted by Gasteiger charge is 2.20. The van der Waals surface area contributed by atoms with Crippen LogP contribution in [0.4, 0.5) is 0 Å². The third kappa shape index (κ3) is 3.42. The summed E-state index contributed by atoms with van der Waals surface area (Å²) >= 11 is 0. The minimum atomic E-state index is 0.0988. The molecule has 5 nitrogen and oxygen atoms in total. The molecule has 2 heterocycles. The summed E-state index contributed by atoms with van der Waals surface area (Å²) in [6, 6.07) is 2.49. The molecule has 1 aromatic heterocycles. The number of fused-ring (bicyclic) bond motifs is 1. The van der Waals surface area contributed by atoms with Crippen LogP contribution >= 0.6 is 0 Å². The van der Waals surface area contributed by atoms with Gasteiger partial charge in [0.1, 0.15) is 5.69 Å². The Kier molecular flexibility index (Phi) is 4.37. The smallest absolute Gasteiger partial charge is 0.196 e. The van der Waals surface area contributed by atoms with Crippen LogP contribution < -0.4 is 0 Å². The Labute approximate surface area is 115 Å². The van der Waals surface area contributed by atoms with Crippen molar-refractivity contribution in [1.82, 2.24) is 19.6 Å². The Morgan fingerprint density at radius 3 is 2.79 bits per heavy atom. The number of aromatic nitrogens is 2. The van der Waals surface area contributed by atoms with E-state index in [9.17, 15) is 4.79 Å². The first-order valence-corrected chi connectivity index (χ1v) is 6.96. The minimum absolute atomic E-state index is 0.0988. The molecule has 0 unspecified atom stereocenters. The molecule has 0 N–H and O–H groups in total. The third-order valence-electron chi connectivity index (χ3n) is 3.52. The molecule has 0 fully saturated rings. The second kappa shape index (κ2) is 5.84. The van der Waals surface area contributed by atoms with Gasteiger partial charge in [-0.3, -0.25) is 14.4 Å². The molecule has 0 aromatic carbocycles. The molecule has 0 bridgehead atoms. The van der Waals surface area contributed by atoms with E-state index in [1.54, 1.807) is 0 Å². The number of rotatable bonds is 4. The predicted molar refractivity (Wildman–Crippen MR) is 75.3 cm³/mol. The van der Waals surface area contributed by atoms with Crippen molar-refractivity contribution in [1.29, 1.82) is 0 Å². The molecule has 0 aliphatic carbocycles. The summed E-state index contributed by atoms with van der Waals surface area (Å²) in [5.41, 5.74) is 1.77. The van der Waals surface area contributed by atoms with Crippen LogP contribution in [0.3, 0.4) is 0 Å². The van der Waals surface area contributed by atoms with Gasteiger partial charge in [0.25, 0.3) is 0 Å². The minimum Gasteiger partial charge on any atom is -0.302 e. The van der Waals surface area contributed by atoms with Crippen molar-refractivity contribution < 1.29 is 4.79 Å². The molecular weight excluding hydrogens is 240 g/mol. The van der Waals surface area contributed by atoms with Gasteiger partial charge in [-0.2, -0.15) is 5.10 Å². The zero-order chi connectivity index (χ0) is 14.0. The summed E-state index contributed by atoms with van der Waals surface area (Å²) in [7, 11) is 3.80. The van der Waals surface area contributed by atoms with E-state index in [2.05, 4.69) is 23.8 Å². The summed E-state index contributed by atoms with van der Waals surface area (Å²) in [6.07, 6.45) is 1.09. The molecule has 19 heavy (non-hydrogen) atoms. The largest absolute Gasteiger partial charge is 0.302 e. The first kappa shape index (κ1) is 14.2. The highest BCUT2D eigenvalue weighted by molar-refractivity contribution is 5.95. The van der Waals surface area contributed by atoms with E-state index in [0.29, 0.717) is 18.3 Å². The van der Waals surface area contributed by atoms with Crippen molar-refractivity contribution in [3.05, 3.63) is 17.5 Å². The quantitative estimate of drug-likeness (QED) is 0.767. The number of ketones is 1. The Balaban J connectivity index is 2.16. The van der Waals surface area contributed by atoms with Gasteiger partial charge in [0.2, 0.25) is 0 Å².